The average molecular weight is 321 g/mol. The lowest BCUT2D eigenvalue weighted by molar-refractivity contribution is -0.151. The number of anilines is 1. The third-order valence-corrected chi connectivity index (χ3v) is 4.36. The third kappa shape index (κ3) is 3.30. The fraction of sp³-hybridized carbons (Fsp3) is 0.733. The van der Waals surface area contributed by atoms with Gasteiger partial charge in [0.15, 0.2) is 5.82 Å². The summed E-state index contributed by atoms with van der Waals surface area (Å²) in [6.45, 7) is 7.60. The Morgan fingerprint density at radius 2 is 1.52 bits per heavy atom. The second-order valence-electron chi connectivity index (χ2n) is 6.37. The standard InChI is InChI=1S/C15H23N5O3/c1-11(2)12-16-15(23-17-12)20-9-7-19(8-10-20)14(22)13(21)18-5-3-4-6-18/h11H,3-10H2,1-2H3. The molecular weight excluding hydrogens is 298 g/mol. The van der Waals surface area contributed by atoms with Crippen molar-refractivity contribution in [1.29, 1.82) is 0 Å². The van der Waals surface area contributed by atoms with Crippen LogP contribution in [-0.2, 0) is 9.59 Å². The number of carbonyl (C=O) groups excluding carboxylic acids is 2. The summed E-state index contributed by atoms with van der Waals surface area (Å²) in [5.41, 5.74) is 0. The van der Waals surface area contributed by atoms with Gasteiger partial charge in [0.05, 0.1) is 0 Å². The smallest absolute Gasteiger partial charge is 0.324 e. The molecule has 3 heterocycles. The largest absolute Gasteiger partial charge is 0.334 e. The van der Waals surface area contributed by atoms with Crippen molar-refractivity contribution < 1.29 is 14.1 Å². The first-order chi connectivity index (χ1) is 11.1. The van der Waals surface area contributed by atoms with Gasteiger partial charge in [0, 0.05) is 45.2 Å². The van der Waals surface area contributed by atoms with Gasteiger partial charge >= 0.3 is 17.8 Å². The lowest BCUT2D eigenvalue weighted by atomic mass is 10.2. The minimum Gasteiger partial charge on any atom is -0.334 e. The summed E-state index contributed by atoms with van der Waals surface area (Å²) in [5, 5.41) is 3.96. The van der Waals surface area contributed by atoms with Crippen LogP contribution in [0.2, 0.25) is 0 Å². The SMILES string of the molecule is CC(C)c1noc(N2CCN(C(=O)C(=O)N3CCCC3)CC2)n1. The lowest BCUT2D eigenvalue weighted by Gasteiger charge is -2.33. The molecule has 0 unspecified atom stereocenters. The Balaban J connectivity index is 1.55. The Kier molecular flexibility index (Phi) is 4.49. The van der Waals surface area contributed by atoms with Crippen LogP contribution in [-0.4, -0.2) is 71.0 Å². The number of hydrogen-bond acceptors (Lipinski definition) is 6. The van der Waals surface area contributed by atoms with Crippen LogP contribution in [0.4, 0.5) is 6.01 Å². The fourth-order valence-corrected chi connectivity index (χ4v) is 2.88. The second-order valence-corrected chi connectivity index (χ2v) is 6.37. The minimum absolute atomic E-state index is 0.216. The summed E-state index contributed by atoms with van der Waals surface area (Å²) < 4.78 is 5.28. The van der Waals surface area contributed by atoms with Gasteiger partial charge in [-0.15, -0.1) is 0 Å². The van der Waals surface area contributed by atoms with Crippen molar-refractivity contribution in [2.75, 3.05) is 44.2 Å². The first-order valence-electron chi connectivity index (χ1n) is 8.23. The van der Waals surface area contributed by atoms with E-state index in [2.05, 4.69) is 10.1 Å². The number of nitrogens with zero attached hydrogens (tertiary/aromatic N) is 5. The maximum absolute atomic E-state index is 12.3. The number of piperazine rings is 1. The Hall–Kier alpha value is -2.12. The van der Waals surface area contributed by atoms with Crippen molar-refractivity contribution in [2.24, 2.45) is 0 Å². The quantitative estimate of drug-likeness (QED) is 0.736. The number of likely N-dealkylation sites (tertiary alicyclic amines) is 1. The van der Waals surface area contributed by atoms with Crippen molar-refractivity contribution >= 4 is 17.8 Å². The number of amides is 2. The monoisotopic (exact) mass is 321 g/mol. The highest BCUT2D eigenvalue weighted by molar-refractivity contribution is 6.35. The van der Waals surface area contributed by atoms with Gasteiger partial charge in [-0.3, -0.25) is 9.59 Å². The van der Waals surface area contributed by atoms with Crippen molar-refractivity contribution in [2.45, 2.75) is 32.6 Å². The summed E-state index contributed by atoms with van der Waals surface area (Å²) in [6, 6.07) is 0.492. The third-order valence-electron chi connectivity index (χ3n) is 4.36. The molecular formula is C15H23N5O3. The minimum atomic E-state index is -0.389. The predicted octanol–water partition coefficient (Wildman–Crippen LogP) is 0.464. The average Bonchev–Trinajstić information content (AvgIpc) is 3.25. The molecule has 0 saturated carbocycles. The topological polar surface area (TPSA) is 82.8 Å². The van der Waals surface area contributed by atoms with E-state index < -0.39 is 0 Å². The van der Waals surface area contributed by atoms with Crippen molar-refractivity contribution in [3.8, 4) is 0 Å². The Morgan fingerprint density at radius 3 is 2.04 bits per heavy atom. The molecule has 2 fully saturated rings. The molecule has 0 aliphatic carbocycles. The van der Waals surface area contributed by atoms with Gasteiger partial charge < -0.3 is 19.2 Å². The van der Waals surface area contributed by atoms with E-state index in [1.165, 1.54) is 0 Å². The summed E-state index contributed by atoms with van der Waals surface area (Å²) in [5.74, 6) is 0.145. The number of carbonyl (C=O) groups is 2. The Labute approximate surface area is 135 Å². The maximum atomic E-state index is 12.3. The van der Waals surface area contributed by atoms with E-state index in [0.717, 1.165) is 12.8 Å². The van der Waals surface area contributed by atoms with Crippen LogP contribution in [0.5, 0.6) is 0 Å². The molecule has 0 aromatic carbocycles. The normalized spacial score (nSPS) is 18.8. The van der Waals surface area contributed by atoms with E-state index in [1.54, 1.807) is 9.80 Å². The zero-order valence-electron chi connectivity index (χ0n) is 13.7. The van der Waals surface area contributed by atoms with Crippen molar-refractivity contribution in [3.05, 3.63) is 5.82 Å². The molecule has 3 rings (SSSR count). The molecule has 126 valence electrons. The summed E-state index contributed by atoms with van der Waals surface area (Å²) >= 11 is 0. The molecule has 8 heteroatoms. The molecule has 23 heavy (non-hydrogen) atoms. The van der Waals surface area contributed by atoms with E-state index in [1.807, 2.05) is 18.7 Å². The molecule has 0 atom stereocenters. The predicted molar refractivity (Wildman–Crippen MR) is 83.0 cm³/mol. The zero-order valence-corrected chi connectivity index (χ0v) is 13.7. The van der Waals surface area contributed by atoms with Gasteiger partial charge in [0.1, 0.15) is 0 Å². The first-order valence-corrected chi connectivity index (χ1v) is 8.23. The van der Waals surface area contributed by atoms with E-state index in [9.17, 15) is 9.59 Å². The van der Waals surface area contributed by atoms with Gasteiger partial charge in [-0.2, -0.15) is 4.98 Å². The number of hydrogen-bond donors (Lipinski definition) is 0. The van der Waals surface area contributed by atoms with Crippen LogP contribution in [0.15, 0.2) is 4.52 Å². The van der Waals surface area contributed by atoms with Gasteiger partial charge in [0.2, 0.25) is 0 Å². The van der Waals surface area contributed by atoms with Gasteiger partial charge in [0.25, 0.3) is 0 Å². The number of aromatic nitrogens is 2. The highest BCUT2D eigenvalue weighted by Crippen LogP contribution is 2.18. The van der Waals surface area contributed by atoms with Crippen LogP contribution in [0, 0.1) is 0 Å². The van der Waals surface area contributed by atoms with Crippen molar-refractivity contribution in [3.63, 3.8) is 0 Å². The molecule has 0 radical (unpaired) electrons. The first kappa shape index (κ1) is 15.8. The molecule has 2 saturated heterocycles. The van der Waals surface area contributed by atoms with Gasteiger partial charge in [-0.25, -0.2) is 0 Å². The van der Waals surface area contributed by atoms with E-state index in [0.29, 0.717) is 51.1 Å². The molecule has 2 amide bonds. The maximum Gasteiger partial charge on any atom is 0.324 e. The molecule has 2 aliphatic rings. The van der Waals surface area contributed by atoms with Gasteiger partial charge in [-0.05, 0) is 12.8 Å². The van der Waals surface area contributed by atoms with Crippen LogP contribution in [0.1, 0.15) is 38.4 Å². The van der Waals surface area contributed by atoms with Gasteiger partial charge in [-0.1, -0.05) is 19.0 Å². The van der Waals surface area contributed by atoms with Crippen LogP contribution < -0.4 is 4.90 Å². The Morgan fingerprint density at radius 1 is 0.957 bits per heavy atom. The van der Waals surface area contributed by atoms with Crippen LogP contribution in [0.3, 0.4) is 0 Å². The highest BCUT2D eigenvalue weighted by atomic mass is 16.5. The number of rotatable bonds is 2. The summed E-state index contributed by atoms with van der Waals surface area (Å²) in [7, 11) is 0. The lowest BCUT2D eigenvalue weighted by Crippen LogP contribution is -2.53. The molecule has 1 aromatic rings. The molecule has 8 nitrogen and oxygen atoms in total. The van der Waals surface area contributed by atoms with Crippen molar-refractivity contribution in [1.82, 2.24) is 19.9 Å². The zero-order chi connectivity index (χ0) is 16.4. The second kappa shape index (κ2) is 6.55. The molecule has 0 spiro atoms. The van der Waals surface area contributed by atoms with Crippen LogP contribution >= 0.6 is 0 Å². The van der Waals surface area contributed by atoms with Crippen LogP contribution in [0.25, 0.3) is 0 Å². The summed E-state index contributed by atoms with van der Waals surface area (Å²) in [4.78, 5) is 34.0. The molecule has 0 bridgehead atoms. The van der Waals surface area contributed by atoms with E-state index >= 15 is 0 Å². The summed E-state index contributed by atoms with van der Waals surface area (Å²) in [6.07, 6.45) is 1.98. The Bertz CT molecular complexity index is 571. The molecule has 1 aromatic heterocycles. The molecule has 0 N–H and O–H groups in total. The highest BCUT2D eigenvalue weighted by Gasteiger charge is 2.31. The fourth-order valence-electron chi connectivity index (χ4n) is 2.88. The molecule has 2 aliphatic heterocycles. The van der Waals surface area contributed by atoms with E-state index in [-0.39, 0.29) is 17.7 Å². The van der Waals surface area contributed by atoms with E-state index in [4.69, 9.17) is 4.52 Å².